The molecule has 0 aliphatic heterocycles. The third kappa shape index (κ3) is 25.8. The van der Waals surface area contributed by atoms with Crippen molar-refractivity contribution in [2.45, 2.75) is 176 Å². The van der Waals surface area contributed by atoms with Gasteiger partial charge in [0.1, 0.15) is 45.6 Å². The van der Waals surface area contributed by atoms with Gasteiger partial charge in [-0.15, -0.1) is 0 Å². The molecule has 0 spiro atoms. The molecule has 100 heavy (non-hydrogen) atoms. The first-order valence-electron chi connectivity index (χ1n) is 33.2. The van der Waals surface area contributed by atoms with Gasteiger partial charge >= 0.3 is 0 Å². The standard InChI is InChI=1S/C19H27N3O3S.C19H27N3OS.C18H26N4O.C17H21ClN2OS.C2H7N.H3N.H2O/c1-7-20-18-15(11-21-19(22-18)26(6,23)24)9-14-10-17(25-5)13(4)8-16(14)12(2)3;1-7-20-18-15(11-21-19(22-18)24-6)9-14-10-17(23-5)13(4)8-16(14)12(2)3;1-6-20-17-14(10-21-18(19)22-17)8-13-9-16(23-5)12(4)7-15(13)11(2)3;1-10(2)14-6-11(3)15(21-4)8-12(14)7-13-9-19-17(22-5)20-16(13)18;1-2-3;;/h8,10-12H,7,9H2,1-6H3,(H,20,21,22);8,10-12H,7,9H2,1-6H3,(H,20,21,22);7,9-11H,6,8H2,1-5H3,(H3,19,20,21,22);6,8-10H,7H2,1-5H3;2-3H2,1H3;1H3;1H2. The minimum absolute atomic E-state index is 0. The lowest BCUT2D eigenvalue weighted by molar-refractivity contribution is 0.411. The summed E-state index contributed by atoms with van der Waals surface area (Å²) in [4.78, 5) is 34.4. The van der Waals surface area contributed by atoms with Crippen LogP contribution in [0.2, 0.25) is 5.15 Å². The molecule has 0 aliphatic carbocycles. The predicted octanol–water partition coefficient (Wildman–Crippen LogP) is 15.7. The van der Waals surface area contributed by atoms with Crippen LogP contribution >= 0.6 is 35.1 Å². The average molecular weight is 1450 g/mol. The summed E-state index contributed by atoms with van der Waals surface area (Å²) in [5.74, 6) is 7.82. The molecule has 4 aromatic heterocycles. The number of hydrogen-bond acceptors (Lipinski definition) is 22. The fraction of sp³-hybridized carbons (Fsp3) is 0.467. The summed E-state index contributed by atoms with van der Waals surface area (Å²) in [5.41, 5.74) is 29.1. The van der Waals surface area contributed by atoms with Crippen LogP contribution in [0.3, 0.4) is 0 Å². The van der Waals surface area contributed by atoms with Crippen LogP contribution in [0.25, 0.3) is 0 Å². The number of hydrogen-bond donors (Lipinski definition) is 6. The van der Waals surface area contributed by atoms with Gasteiger partial charge in [-0.2, -0.15) is 4.98 Å². The number of halogens is 1. The lowest BCUT2D eigenvalue weighted by Gasteiger charge is -2.18. The molecule has 21 nitrogen and oxygen atoms in total. The number of ether oxygens (including phenoxy) is 4. The minimum atomic E-state index is -3.45. The molecule has 0 aliphatic rings. The van der Waals surface area contributed by atoms with Gasteiger partial charge in [0.05, 0.1) is 28.4 Å². The third-order valence-corrected chi connectivity index (χ3v) is 18.0. The Morgan fingerprint density at radius 2 is 0.740 bits per heavy atom. The number of nitrogen functional groups attached to an aromatic ring is 1. The number of aryl methyl sites for hydroxylation is 4. The highest BCUT2D eigenvalue weighted by Crippen LogP contribution is 2.36. The highest BCUT2D eigenvalue weighted by molar-refractivity contribution is 7.98. The summed E-state index contributed by atoms with van der Waals surface area (Å²) in [6.45, 7) is 36.8. The number of nitrogens with one attached hydrogen (secondary N) is 3. The largest absolute Gasteiger partial charge is 0.496 e. The van der Waals surface area contributed by atoms with Gasteiger partial charge < -0.3 is 58.0 Å². The second-order valence-corrected chi connectivity index (χ2v) is 28.5. The number of benzene rings is 4. The number of rotatable bonds is 25. The molecule has 0 atom stereocenters. The first-order valence-corrected chi connectivity index (χ1v) is 38.0. The Hall–Kier alpha value is -7.58. The quantitative estimate of drug-likeness (QED) is 0.0176. The second-order valence-electron chi connectivity index (χ2n) is 24.7. The lowest BCUT2D eigenvalue weighted by atomic mass is 9.91. The Morgan fingerprint density at radius 3 is 1.03 bits per heavy atom. The van der Waals surface area contributed by atoms with E-state index in [-0.39, 0.29) is 22.7 Å². The van der Waals surface area contributed by atoms with Crippen molar-refractivity contribution in [1.29, 1.82) is 0 Å². The maximum Gasteiger partial charge on any atom is 0.248 e. The van der Waals surface area contributed by atoms with Gasteiger partial charge in [0, 0.05) is 98.6 Å². The summed E-state index contributed by atoms with van der Waals surface area (Å²) >= 11 is 9.34. The first kappa shape index (κ1) is 88.5. The molecule has 0 saturated carbocycles. The van der Waals surface area contributed by atoms with Crippen molar-refractivity contribution in [3.8, 4) is 23.0 Å². The molecule has 4 aromatic carbocycles. The van der Waals surface area contributed by atoms with Gasteiger partial charge in [0.15, 0.2) is 10.3 Å². The van der Waals surface area contributed by atoms with E-state index in [9.17, 15) is 8.42 Å². The molecule has 4 heterocycles. The van der Waals surface area contributed by atoms with Crippen LogP contribution in [0.4, 0.5) is 23.4 Å². The molecular formula is C75H113ClN14O7S3. The third-order valence-electron chi connectivity index (χ3n) is 15.7. The molecule has 0 radical (unpaired) electrons. The van der Waals surface area contributed by atoms with E-state index >= 15 is 0 Å². The Morgan fingerprint density at radius 1 is 0.460 bits per heavy atom. The van der Waals surface area contributed by atoms with E-state index in [0.717, 1.165) is 123 Å². The molecule has 8 aromatic rings. The molecule has 8 rings (SSSR count). The number of methoxy groups -OCH3 is 4. The van der Waals surface area contributed by atoms with Crippen LogP contribution in [-0.4, -0.2) is 127 Å². The van der Waals surface area contributed by atoms with Crippen LogP contribution < -0.4 is 52.5 Å². The van der Waals surface area contributed by atoms with Crippen LogP contribution in [0, 0.1) is 27.7 Å². The number of anilines is 4. The SMILES string of the molecule is CCN.CCNc1nc(N)ncc1Cc1cc(OC)c(C)cc1C(C)C.CCNc1nc(S(C)(=O)=O)ncc1Cc1cc(OC)c(C)cc1C(C)C.CCNc1nc(SC)ncc1Cc1cc(OC)c(C)cc1C(C)C.COc1cc(Cc2cnc(SC)nc2Cl)c(C(C)C)cc1C.N.O. The predicted molar refractivity (Wildman–Crippen MR) is 419 cm³/mol. The van der Waals surface area contributed by atoms with E-state index in [4.69, 9.17) is 42.0 Å². The van der Waals surface area contributed by atoms with E-state index in [1.807, 2.05) is 58.7 Å². The van der Waals surface area contributed by atoms with Crippen LogP contribution in [0.5, 0.6) is 23.0 Å². The van der Waals surface area contributed by atoms with E-state index in [1.54, 1.807) is 52.6 Å². The summed E-state index contributed by atoms with van der Waals surface area (Å²) in [6, 6.07) is 17.2. The Bertz CT molecular complexity index is 3990. The van der Waals surface area contributed by atoms with E-state index < -0.39 is 9.84 Å². The molecular weight excluding hydrogens is 1340 g/mol. The molecule has 0 saturated heterocycles. The molecule has 0 bridgehead atoms. The summed E-state index contributed by atoms with van der Waals surface area (Å²) in [7, 11) is 3.34. The van der Waals surface area contributed by atoms with E-state index in [0.29, 0.717) is 59.2 Å². The highest BCUT2D eigenvalue weighted by Gasteiger charge is 2.21. The van der Waals surface area contributed by atoms with Crippen molar-refractivity contribution in [2.24, 2.45) is 5.73 Å². The van der Waals surface area contributed by atoms with Crippen molar-refractivity contribution >= 4 is 68.4 Å². The number of aromatic nitrogens is 8. The first-order chi connectivity index (χ1) is 46.5. The topological polar surface area (TPSA) is 329 Å². The van der Waals surface area contributed by atoms with Crippen molar-refractivity contribution in [2.75, 3.05) is 95.1 Å². The number of thioether (sulfide) groups is 2. The van der Waals surface area contributed by atoms with Crippen molar-refractivity contribution < 1.29 is 32.8 Å². The lowest BCUT2D eigenvalue weighted by Crippen LogP contribution is -2.11. The van der Waals surface area contributed by atoms with E-state index in [1.165, 1.54) is 56.3 Å². The molecule has 12 N–H and O–H groups in total. The van der Waals surface area contributed by atoms with Crippen molar-refractivity contribution in [3.63, 3.8) is 0 Å². The highest BCUT2D eigenvalue weighted by atomic mass is 35.5. The molecule has 550 valence electrons. The van der Waals surface area contributed by atoms with Crippen LogP contribution in [-0.2, 0) is 35.5 Å². The fourth-order valence-electron chi connectivity index (χ4n) is 10.9. The van der Waals surface area contributed by atoms with Gasteiger partial charge in [0.25, 0.3) is 0 Å². The summed E-state index contributed by atoms with van der Waals surface area (Å²) in [6.07, 6.45) is 15.0. The second kappa shape index (κ2) is 43.3. The molecule has 0 unspecified atom stereocenters. The number of sulfone groups is 1. The molecule has 25 heteroatoms. The van der Waals surface area contributed by atoms with Gasteiger partial charge in [-0.3, -0.25) is 0 Å². The normalized spacial score (nSPS) is 10.8. The van der Waals surface area contributed by atoms with Crippen LogP contribution in [0.1, 0.15) is 196 Å². The maximum absolute atomic E-state index is 11.8. The van der Waals surface area contributed by atoms with Crippen molar-refractivity contribution in [1.82, 2.24) is 46.0 Å². The summed E-state index contributed by atoms with van der Waals surface area (Å²) < 4.78 is 45.4. The number of nitrogens with zero attached hydrogens (tertiary/aromatic N) is 8. The minimum Gasteiger partial charge on any atom is -0.496 e. The fourth-order valence-corrected chi connectivity index (χ4v) is 12.3. The van der Waals surface area contributed by atoms with Crippen molar-refractivity contribution in [3.05, 3.63) is 167 Å². The average Bonchev–Trinajstić information content (AvgIpc) is 0.820. The van der Waals surface area contributed by atoms with Gasteiger partial charge in [-0.25, -0.2) is 43.3 Å². The zero-order chi connectivity index (χ0) is 73.1. The van der Waals surface area contributed by atoms with Gasteiger partial charge in [0.2, 0.25) is 20.9 Å². The zero-order valence-electron chi connectivity index (χ0n) is 63.4. The monoisotopic (exact) mass is 1450 g/mol. The zero-order valence-corrected chi connectivity index (χ0v) is 66.6. The Kier molecular flexibility index (Phi) is 38.3. The molecule has 0 fully saturated rings. The Balaban J connectivity index is 0.000000445. The van der Waals surface area contributed by atoms with Gasteiger partial charge in [-0.05, 0) is 182 Å². The Labute approximate surface area is 610 Å². The van der Waals surface area contributed by atoms with E-state index in [2.05, 4.69) is 181 Å². The van der Waals surface area contributed by atoms with Crippen LogP contribution in [0.15, 0.2) is 88.8 Å². The number of nitrogens with two attached hydrogens (primary N) is 2. The molecule has 0 amide bonds. The smallest absolute Gasteiger partial charge is 0.248 e. The maximum atomic E-state index is 11.8. The van der Waals surface area contributed by atoms with Gasteiger partial charge in [-0.1, -0.05) is 122 Å². The summed E-state index contributed by atoms with van der Waals surface area (Å²) in [5, 5.41) is 11.6.